The number of nitrogens with zero attached hydrogens (tertiary/aromatic N) is 1. The summed E-state index contributed by atoms with van der Waals surface area (Å²) in [5.74, 6) is -1.04. The van der Waals surface area contributed by atoms with Crippen LogP contribution in [0.25, 0.3) is 0 Å². The molecule has 5 nitrogen and oxygen atoms in total. The molecule has 1 heterocycles. The van der Waals surface area contributed by atoms with Crippen molar-refractivity contribution in [2.75, 3.05) is 6.61 Å². The molecule has 0 bridgehead atoms. The lowest BCUT2D eigenvalue weighted by Crippen LogP contribution is -2.40. The van der Waals surface area contributed by atoms with Gasteiger partial charge in [-0.2, -0.15) is 0 Å². The fourth-order valence-corrected chi connectivity index (χ4v) is 2.60. The molecule has 1 aliphatic heterocycles. The van der Waals surface area contributed by atoms with Gasteiger partial charge in [-0.25, -0.2) is 4.79 Å². The molecule has 0 atom stereocenters. The Kier molecular flexibility index (Phi) is 3.12. The van der Waals surface area contributed by atoms with Gasteiger partial charge in [0, 0.05) is 6.08 Å². The number of fused-ring (bicyclic) bond motifs is 1. The Bertz CT molecular complexity index is 623. The van der Waals surface area contributed by atoms with Crippen molar-refractivity contribution in [3.05, 3.63) is 47.5 Å². The van der Waals surface area contributed by atoms with E-state index in [-0.39, 0.29) is 11.8 Å². The van der Waals surface area contributed by atoms with Crippen LogP contribution >= 0.6 is 0 Å². The minimum absolute atomic E-state index is 0.290. The lowest BCUT2D eigenvalue weighted by atomic mass is 10.1. The second-order valence-corrected chi connectivity index (χ2v) is 5.18. The molecule has 0 saturated heterocycles. The summed E-state index contributed by atoms with van der Waals surface area (Å²) in [5, 5.41) is 0. The van der Waals surface area contributed by atoms with Crippen LogP contribution in [0, 0.1) is 0 Å². The Balaban J connectivity index is 1.87. The molecular weight excluding hydrogens is 270 g/mol. The number of benzene rings is 1. The Morgan fingerprint density at radius 3 is 2.29 bits per heavy atom. The molecule has 0 N–H and O–H groups in total. The fraction of sp³-hybridized carbons (Fsp3) is 0.312. The molecule has 2 amide bonds. The molecule has 0 unspecified atom stereocenters. The van der Waals surface area contributed by atoms with Crippen LogP contribution in [0.4, 0.5) is 0 Å². The van der Waals surface area contributed by atoms with Crippen molar-refractivity contribution in [1.29, 1.82) is 0 Å². The van der Waals surface area contributed by atoms with Crippen molar-refractivity contribution in [2.45, 2.75) is 25.3 Å². The number of carbonyl (C=O) groups is 3. The van der Waals surface area contributed by atoms with Gasteiger partial charge in [-0.1, -0.05) is 18.2 Å². The zero-order valence-corrected chi connectivity index (χ0v) is 11.7. The van der Waals surface area contributed by atoms with Crippen molar-refractivity contribution >= 4 is 17.8 Å². The predicted molar refractivity (Wildman–Crippen MR) is 74.7 cm³/mol. The Morgan fingerprint density at radius 1 is 1.24 bits per heavy atom. The summed E-state index contributed by atoms with van der Waals surface area (Å²) in [5.41, 5.74) is 0.191. The van der Waals surface area contributed by atoms with E-state index in [1.165, 1.54) is 11.0 Å². The third-order valence-electron chi connectivity index (χ3n) is 3.82. The first-order valence-corrected chi connectivity index (χ1v) is 6.93. The molecule has 0 aromatic heterocycles. The smallest absolute Gasteiger partial charge is 0.330 e. The summed E-state index contributed by atoms with van der Waals surface area (Å²) < 4.78 is 4.83. The highest BCUT2D eigenvalue weighted by atomic mass is 16.5. The molecule has 3 rings (SSSR count). The number of rotatable bonds is 4. The molecule has 21 heavy (non-hydrogen) atoms. The SMILES string of the molecule is CCOC(=O)/C=C/C1(N2C(=O)c3ccccc3C2=O)CC1. The number of ether oxygens (including phenoxy) is 1. The van der Waals surface area contributed by atoms with E-state index >= 15 is 0 Å². The van der Waals surface area contributed by atoms with Crippen LogP contribution < -0.4 is 0 Å². The van der Waals surface area contributed by atoms with Crippen molar-refractivity contribution in [2.24, 2.45) is 0 Å². The highest BCUT2D eigenvalue weighted by molar-refractivity contribution is 6.22. The zero-order chi connectivity index (χ0) is 15.0. The van der Waals surface area contributed by atoms with Gasteiger partial charge >= 0.3 is 5.97 Å². The topological polar surface area (TPSA) is 63.7 Å². The van der Waals surface area contributed by atoms with Gasteiger partial charge in [-0.3, -0.25) is 14.5 Å². The van der Waals surface area contributed by atoms with Crippen molar-refractivity contribution in [3.8, 4) is 0 Å². The number of amides is 2. The first kappa shape index (κ1) is 13.5. The molecule has 108 valence electrons. The van der Waals surface area contributed by atoms with Crippen LogP contribution in [0.2, 0.25) is 0 Å². The molecule has 1 aromatic carbocycles. The van der Waals surface area contributed by atoms with Gasteiger partial charge in [0.15, 0.2) is 0 Å². The molecule has 1 aromatic rings. The van der Waals surface area contributed by atoms with Crippen LogP contribution in [0.3, 0.4) is 0 Å². The monoisotopic (exact) mass is 285 g/mol. The third-order valence-corrected chi connectivity index (χ3v) is 3.82. The lowest BCUT2D eigenvalue weighted by molar-refractivity contribution is -0.137. The van der Waals surface area contributed by atoms with Crippen LogP contribution in [0.5, 0.6) is 0 Å². The van der Waals surface area contributed by atoms with E-state index in [1.54, 1.807) is 37.3 Å². The van der Waals surface area contributed by atoms with E-state index < -0.39 is 11.5 Å². The summed E-state index contributed by atoms with van der Waals surface area (Å²) >= 11 is 0. The summed E-state index contributed by atoms with van der Waals surface area (Å²) in [4.78, 5) is 37.5. The fourth-order valence-electron chi connectivity index (χ4n) is 2.60. The van der Waals surface area contributed by atoms with E-state index in [2.05, 4.69) is 0 Å². The average molecular weight is 285 g/mol. The van der Waals surface area contributed by atoms with Gasteiger partial charge in [0.2, 0.25) is 0 Å². The normalized spacial score (nSPS) is 19.0. The minimum atomic E-state index is -0.667. The van der Waals surface area contributed by atoms with Crippen LogP contribution in [0.15, 0.2) is 36.4 Å². The van der Waals surface area contributed by atoms with Crippen molar-refractivity contribution < 1.29 is 19.1 Å². The number of hydrogen-bond donors (Lipinski definition) is 0. The molecule has 1 fully saturated rings. The van der Waals surface area contributed by atoms with Gasteiger partial charge in [0.1, 0.15) is 0 Å². The van der Waals surface area contributed by atoms with Gasteiger partial charge in [-0.15, -0.1) is 0 Å². The largest absolute Gasteiger partial charge is 0.463 e. The maximum absolute atomic E-state index is 12.4. The summed E-state index contributed by atoms with van der Waals surface area (Å²) in [6.45, 7) is 2.02. The maximum atomic E-state index is 12.4. The number of hydrogen-bond acceptors (Lipinski definition) is 4. The van der Waals surface area contributed by atoms with Gasteiger partial charge in [-0.05, 0) is 31.9 Å². The molecule has 1 saturated carbocycles. The number of esters is 1. The van der Waals surface area contributed by atoms with E-state index in [0.717, 1.165) is 0 Å². The second kappa shape index (κ2) is 4.84. The minimum Gasteiger partial charge on any atom is -0.463 e. The van der Waals surface area contributed by atoms with Crippen LogP contribution in [-0.2, 0) is 9.53 Å². The first-order valence-electron chi connectivity index (χ1n) is 6.93. The van der Waals surface area contributed by atoms with Crippen molar-refractivity contribution in [1.82, 2.24) is 4.90 Å². The molecular formula is C16H15NO4. The molecule has 0 spiro atoms. The maximum Gasteiger partial charge on any atom is 0.330 e. The predicted octanol–water partition coefficient (Wildman–Crippen LogP) is 1.93. The van der Waals surface area contributed by atoms with Crippen LogP contribution in [0.1, 0.15) is 40.5 Å². The highest BCUT2D eigenvalue weighted by Crippen LogP contribution is 2.46. The van der Waals surface area contributed by atoms with E-state index in [0.29, 0.717) is 30.6 Å². The highest BCUT2D eigenvalue weighted by Gasteiger charge is 2.54. The van der Waals surface area contributed by atoms with Gasteiger partial charge in [0.25, 0.3) is 11.8 Å². The molecule has 5 heteroatoms. The lowest BCUT2D eigenvalue weighted by Gasteiger charge is -2.22. The summed E-state index contributed by atoms with van der Waals surface area (Å²) in [6.07, 6.45) is 4.27. The third kappa shape index (κ3) is 2.14. The van der Waals surface area contributed by atoms with E-state index in [4.69, 9.17) is 4.74 Å². The average Bonchev–Trinajstić information content (AvgIpc) is 3.21. The van der Waals surface area contributed by atoms with E-state index in [1.807, 2.05) is 0 Å². The molecule has 2 aliphatic rings. The van der Waals surface area contributed by atoms with Crippen molar-refractivity contribution in [3.63, 3.8) is 0 Å². The Morgan fingerprint density at radius 2 is 1.81 bits per heavy atom. The standard InChI is InChI=1S/C16H15NO4/c1-2-21-13(18)7-8-16(9-10-16)17-14(19)11-5-3-4-6-12(11)15(17)20/h3-8H,2,9-10H2,1H3/b8-7+. The van der Waals surface area contributed by atoms with Gasteiger partial charge in [0.05, 0.1) is 23.3 Å². The number of carbonyl (C=O) groups excluding carboxylic acids is 3. The molecule has 1 aliphatic carbocycles. The summed E-state index contributed by atoms with van der Waals surface area (Å²) in [7, 11) is 0. The second-order valence-electron chi connectivity index (χ2n) is 5.18. The number of imide groups is 1. The van der Waals surface area contributed by atoms with Crippen LogP contribution in [-0.4, -0.2) is 34.8 Å². The quantitative estimate of drug-likeness (QED) is 0.482. The first-order chi connectivity index (χ1) is 10.1. The Hall–Kier alpha value is -2.43. The van der Waals surface area contributed by atoms with E-state index in [9.17, 15) is 14.4 Å². The zero-order valence-electron chi connectivity index (χ0n) is 11.7. The van der Waals surface area contributed by atoms with Gasteiger partial charge < -0.3 is 4.74 Å². The molecule has 0 radical (unpaired) electrons. The summed E-state index contributed by atoms with van der Waals surface area (Å²) in [6, 6.07) is 6.78. The Labute approximate surface area is 122 Å².